The van der Waals surface area contributed by atoms with E-state index in [4.69, 9.17) is 0 Å². The Kier molecular flexibility index (Phi) is 3.69. The van der Waals surface area contributed by atoms with E-state index in [-0.39, 0.29) is 18.2 Å². The zero-order chi connectivity index (χ0) is 9.07. The molecule has 0 heterocycles. The molecule has 0 aromatic rings. The number of rotatable bonds is 4. The standard InChI is InChI=1S/C8H17NO2/c1-6(2)9-8(4,11)5-7(3)10/h6,9,11H,5H2,1-4H3. The number of aliphatic hydroxyl groups is 1. The topological polar surface area (TPSA) is 49.3 Å². The van der Waals surface area contributed by atoms with Gasteiger partial charge in [-0.05, 0) is 27.7 Å². The van der Waals surface area contributed by atoms with E-state index in [9.17, 15) is 9.90 Å². The van der Waals surface area contributed by atoms with Crippen LogP contribution in [0.5, 0.6) is 0 Å². The second-order valence-corrected chi connectivity index (χ2v) is 3.45. The summed E-state index contributed by atoms with van der Waals surface area (Å²) in [6.07, 6.45) is 0.158. The quantitative estimate of drug-likeness (QED) is 0.593. The number of hydrogen-bond acceptors (Lipinski definition) is 3. The molecular weight excluding hydrogens is 142 g/mol. The van der Waals surface area contributed by atoms with Crippen molar-refractivity contribution in [3.8, 4) is 0 Å². The highest BCUT2D eigenvalue weighted by molar-refractivity contribution is 5.76. The van der Waals surface area contributed by atoms with E-state index in [1.807, 2.05) is 13.8 Å². The fraction of sp³-hybridized carbons (Fsp3) is 0.875. The van der Waals surface area contributed by atoms with Gasteiger partial charge in [0.2, 0.25) is 0 Å². The lowest BCUT2D eigenvalue weighted by atomic mass is 10.1. The van der Waals surface area contributed by atoms with Gasteiger partial charge in [-0.15, -0.1) is 0 Å². The number of Topliss-reactive ketones (excluding diaryl/α,β-unsaturated/α-hetero) is 1. The van der Waals surface area contributed by atoms with Crippen LogP contribution in [0.1, 0.15) is 34.1 Å². The van der Waals surface area contributed by atoms with Gasteiger partial charge in [0.1, 0.15) is 11.5 Å². The molecule has 0 spiro atoms. The van der Waals surface area contributed by atoms with Crippen molar-refractivity contribution in [3.63, 3.8) is 0 Å². The molecule has 2 N–H and O–H groups in total. The minimum absolute atomic E-state index is 0.0110. The van der Waals surface area contributed by atoms with E-state index in [1.165, 1.54) is 6.92 Å². The summed E-state index contributed by atoms with van der Waals surface area (Å²) < 4.78 is 0. The molecule has 0 rings (SSSR count). The third-order valence-electron chi connectivity index (χ3n) is 1.19. The van der Waals surface area contributed by atoms with Crippen LogP contribution in [-0.2, 0) is 4.79 Å². The molecule has 0 amide bonds. The number of carbonyl (C=O) groups is 1. The number of hydrogen-bond donors (Lipinski definition) is 2. The Morgan fingerprint density at radius 2 is 2.09 bits per heavy atom. The lowest BCUT2D eigenvalue weighted by molar-refractivity contribution is -0.122. The van der Waals surface area contributed by atoms with Gasteiger partial charge in [0.05, 0.1) is 0 Å². The Labute approximate surface area is 67.8 Å². The molecule has 3 nitrogen and oxygen atoms in total. The van der Waals surface area contributed by atoms with Crippen LogP contribution >= 0.6 is 0 Å². The number of carbonyl (C=O) groups excluding carboxylic acids is 1. The maximum absolute atomic E-state index is 10.6. The van der Waals surface area contributed by atoms with E-state index < -0.39 is 5.72 Å². The first-order valence-electron chi connectivity index (χ1n) is 3.83. The third kappa shape index (κ3) is 6.01. The SMILES string of the molecule is CC(=O)CC(C)(O)NC(C)C. The summed E-state index contributed by atoms with van der Waals surface area (Å²) in [7, 11) is 0. The lowest BCUT2D eigenvalue weighted by Crippen LogP contribution is -2.47. The van der Waals surface area contributed by atoms with Gasteiger partial charge in [-0.2, -0.15) is 0 Å². The van der Waals surface area contributed by atoms with Crippen LogP contribution in [0.25, 0.3) is 0 Å². The van der Waals surface area contributed by atoms with Gasteiger partial charge in [-0.25, -0.2) is 0 Å². The van der Waals surface area contributed by atoms with E-state index in [0.717, 1.165) is 0 Å². The fourth-order valence-electron chi connectivity index (χ4n) is 1.16. The van der Waals surface area contributed by atoms with Crippen molar-refractivity contribution in [2.45, 2.75) is 45.9 Å². The summed E-state index contributed by atoms with van der Waals surface area (Å²) in [6.45, 7) is 6.92. The summed E-state index contributed by atoms with van der Waals surface area (Å²) >= 11 is 0. The van der Waals surface area contributed by atoms with Crippen LogP contribution < -0.4 is 5.32 Å². The second-order valence-electron chi connectivity index (χ2n) is 3.45. The van der Waals surface area contributed by atoms with Crippen molar-refractivity contribution in [2.24, 2.45) is 0 Å². The zero-order valence-electron chi connectivity index (χ0n) is 7.64. The molecule has 0 saturated heterocycles. The molecule has 0 aliphatic heterocycles. The molecule has 11 heavy (non-hydrogen) atoms. The number of ketones is 1. The summed E-state index contributed by atoms with van der Waals surface area (Å²) in [5.74, 6) is -0.0110. The monoisotopic (exact) mass is 159 g/mol. The molecule has 0 radical (unpaired) electrons. The van der Waals surface area contributed by atoms with Crippen molar-refractivity contribution in [1.29, 1.82) is 0 Å². The molecular formula is C8H17NO2. The Balaban J connectivity index is 3.89. The van der Waals surface area contributed by atoms with E-state index in [2.05, 4.69) is 5.32 Å². The van der Waals surface area contributed by atoms with Crippen molar-refractivity contribution < 1.29 is 9.90 Å². The van der Waals surface area contributed by atoms with Crippen molar-refractivity contribution in [3.05, 3.63) is 0 Å². The molecule has 0 aliphatic rings. The van der Waals surface area contributed by atoms with Gasteiger partial charge >= 0.3 is 0 Å². The summed E-state index contributed by atoms with van der Waals surface area (Å²) in [6, 6.07) is 0.185. The van der Waals surface area contributed by atoms with Crippen LogP contribution in [-0.4, -0.2) is 22.7 Å². The van der Waals surface area contributed by atoms with Gasteiger partial charge in [-0.3, -0.25) is 10.1 Å². The maximum Gasteiger partial charge on any atom is 0.134 e. The van der Waals surface area contributed by atoms with E-state index >= 15 is 0 Å². The smallest absolute Gasteiger partial charge is 0.134 e. The fourth-order valence-corrected chi connectivity index (χ4v) is 1.16. The highest BCUT2D eigenvalue weighted by Crippen LogP contribution is 2.06. The van der Waals surface area contributed by atoms with Crippen LogP contribution in [0.15, 0.2) is 0 Å². The van der Waals surface area contributed by atoms with Gasteiger partial charge in [-0.1, -0.05) is 0 Å². The minimum Gasteiger partial charge on any atom is -0.376 e. The molecule has 66 valence electrons. The third-order valence-corrected chi connectivity index (χ3v) is 1.19. The average Bonchev–Trinajstić information content (AvgIpc) is 1.53. The average molecular weight is 159 g/mol. The molecule has 1 atom stereocenters. The number of nitrogens with one attached hydrogen (secondary N) is 1. The summed E-state index contributed by atoms with van der Waals surface area (Å²) in [4.78, 5) is 10.6. The molecule has 3 heteroatoms. The first-order valence-corrected chi connectivity index (χ1v) is 3.83. The van der Waals surface area contributed by atoms with Crippen molar-refractivity contribution in [1.82, 2.24) is 5.32 Å². The molecule has 0 aromatic carbocycles. The molecule has 1 unspecified atom stereocenters. The molecule has 0 saturated carbocycles. The Morgan fingerprint density at radius 1 is 1.64 bits per heavy atom. The zero-order valence-corrected chi connectivity index (χ0v) is 7.64. The van der Waals surface area contributed by atoms with Crippen LogP contribution in [0.4, 0.5) is 0 Å². The maximum atomic E-state index is 10.6. The van der Waals surface area contributed by atoms with Crippen molar-refractivity contribution in [2.75, 3.05) is 0 Å². The van der Waals surface area contributed by atoms with Gasteiger partial charge in [0.15, 0.2) is 0 Å². The molecule has 0 fully saturated rings. The molecule has 0 aliphatic carbocycles. The lowest BCUT2D eigenvalue weighted by Gasteiger charge is -2.25. The normalized spacial score (nSPS) is 16.5. The summed E-state index contributed by atoms with van der Waals surface area (Å²) in [5.41, 5.74) is -1.06. The molecule has 0 aromatic heterocycles. The van der Waals surface area contributed by atoms with Gasteiger partial charge < -0.3 is 5.11 Å². The van der Waals surface area contributed by atoms with Gasteiger partial charge in [0, 0.05) is 12.5 Å². The minimum atomic E-state index is -1.06. The second kappa shape index (κ2) is 3.83. The van der Waals surface area contributed by atoms with Crippen LogP contribution in [0.2, 0.25) is 0 Å². The first-order chi connectivity index (χ1) is 4.83. The first kappa shape index (κ1) is 10.6. The van der Waals surface area contributed by atoms with E-state index in [0.29, 0.717) is 0 Å². The Hall–Kier alpha value is -0.410. The van der Waals surface area contributed by atoms with Crippen molar-refractivity contribution >= 4 is 5.78 Å². The predicted octanol–water partition coefficient (Wildman–Crippen LogP) is 0.672. The van der Waals surface area contributed by atoms with Crippen LogP contribution in [0.3, 0.4) is 0 Å². The van der Waals surface area contributed by atoms with Gasteiger partial charge in [0.25, 0.3) is 0 Å². The largest absolute Gasteiger partial charge is 0.376 e. The highest BCUT2D eigenvalue weighted by Gasteiger charge is 2.22. The predicted molar refractivity (Wildman–Crippen MR) is 44.2 cm³/mol. The Bertz CT molecular complexity index is 141. The highest BCUT2D eigenvalue weighted by atomic mass is 16.3. The van der Waals surface area contributed by atoms with E-state index in [1.54, 1.807) is 6.92 Å². The molecule has 0 bridgehead atoms. The summed E-state index contributed by atoms with van der Waals surface area (Å²) in [5, 5.41) is 12.4. The Morgan fingerprint density at radius 3 is 2.36 bits per heavy atom. The van der Waals surface area contributed by atoms with Crippen LogP contribution in [0, 0.1) is 0 Å².